The van der Waals surface area contributed by atoms with E-state index < -0.39 is 5.79 Å². The molecule has 1 unspecified atom stereocenters. The third-order valence-corrected chi connectivity index (χ3v) is 5.36. The first-order chi connectivity index (χ1) is 8.79. The van der Waals surface area contributed by atoms with E-state index >= 15 is 0 Å². The van der Waals surface area contributed by atoms with Crippen LogP contribution in [0.3, 0.4) is 0 Å². The normalized spacial score (nSPS) is 31.8. The van der Waals surface area contributed by atoms with Gasteiger partial charge in [0, 0.05) is 13.0 Å². The Labute approximate surface area is 112 Å². The van der Waals surface area contributed by atoms with Crippen molar-refractivity contribution in [2.24, 2.45) is 0 Å². The Kier molecular flexibility index (Phi) is 3.82. The summed E-state index contributed by atoms with van der Waals surface area (Å²) < 4.78 is 11.5. The van der Waals surface area contributed by atoms with Crippen LogP contribution in [0.5, 0.6) is 0 Å². The molecule has 5 heteroatoms. The van der Waals surface area contributed by atoms with Gasteiger partial charge in [-0.3, -0.25) is 4.79 Å². The van der Waals surface area contributed by atoms with Crippen LogP contribution >= 0.6 is 11.8 Å². The topological polar surface area (TPSA) is 38.8 Å². The highest BCUT2D eigenvalue weighted by atomic mass is 32.2. The zero-order valence-corrected chi connectivity index (χ0v) is 11.5. The molecule has 102 valence electrons. The summed E-state index contributed by atoms with van der Waals surface area (Å²) in [6.45, 7) is 2.83. The van der Waals surface area contributed by atoms with Gasteiger partial charge in [0.25, 0.3) is 0 Å². The molecule has 3 saturated heterocycles. The number of piperidine rings is 1. The molecule has 1 amide bonds. The maximum atomic E-state index is 12.5. The average Bonchev–Trinajstić information content (AvgIpc) is 2.87. The van der Waals surface area contributed by atoms with Crippen molar-refractivity contribution in [2.75, 3.05) is 32.1 Å². The largest absolute Gasteiger partial charge is 0.346 e. The molecule has 1 atom stereocenters. The lowest BCUT2D eigenvalue weighted by Crippen LogP contribution is -2.53. The molecule has 0 radical (unpaired) electrons. The predicted molar refractivity (Wildman–Crippen MR) is 70.5 cm³/mol. The highest BCUT2D eigenvalue weighted by molar-refractivity contribution is 8.00. The van der Waals surface area contributed by atoms with E-state index in [9.17, 15) is 4.79 Å². The number of ether oxygens (including phenoxy) is 2. The molecule has 3 aliphatic heterocycles. The van der Waals surface area contributed by atoms with E-state index in [0.29, 0.717) is 25.7 Å². The number of carbonyl (C=O) groups is 1. The van der Waals surface area contributed by atoms with Crippen LogP contribution in [0.15, 0.2) is 0 Å². The number of hydrogen-bond acceptors (Lipinski definition) is 4. The molecule has 0 aliphatic carbocycles. The van der Waals surface area contributed by atoms with E-state index in [1.54, 1.807) is 0 Å². The number of thioether (sulfide) groups is 1. The molecule has 3 heterocycles. The van der Waals surface area contributed by atoms with E-state index in [0.717, 1.165) is 31.6 Å². The summed E-state index contributed by atoms with van der Waals surface area (Å²) in [6.07, 6.45) is 5.40. The monoisotopic (exact) mass is 271 g/mol. The van der Waals surface area contributed by atoms with Gasteiger partial charge in [-0.1, -0.05) is 6.42 Å². The zero-order valence-electron chi connectivity index (χ0n) is 10.7. The Morgan fingerprint density at radius 3 is 2.78 bits per heavy atom. The fourth-order valence-corrected chi connectivity index (χ4v) is 4.33. The summed E-state index contributed by atoms with van der Waals surface area (Å²) in [5.41, 5.74) is 0. The van der Waals surface area contributed by atoms with Crippen molar-refractivity contribution < 1.29 is 14.3 Å². The van der Waals surface area contributed by atoms with Gasteiger partial charge in [0.05, 0.1) is 25.0 Å². The quantitative estimate of drug-likeness (QED) is 0.727. The SMILES string of the molecule is O=C(C1CCCCS1)N1CCCC2(C1)OCCO2. The number of rotatable bonds is 1. The van der Waals surface area contributed by atoms with E-state index in [1.165, 1.54) is 12.8 Å². The van der Waals surface area contributed by atoms with Crippen molar-refractivity contribution in [3.63, 3.8) is 0 Å². The average molecular weight is 271 g/mol. The predicted octanol–water partition coefficient (Wildman–Crippen LogP) is 1.64. The summed E-state index contributed by atoms with van der Waals surface area (Å²) in [7, 11) is 0. The van der Waals surface area contributed by atoms with Gasteiger partial charge in [-0.15, -0.1) is 11.8 Å². The highest BCUT2D eigenvalue weighted by Crippen LogP contribution is 2.33. The minimum absolute atomic E-state index is 0.176. The fourth-order valence-electron chi connectivity index (χ4n) is 3.05. The number of amides is 1. The van der Waals surface area contributed by atoms with Gasteiger partial charge < -0.3 is 14.4 Å². The Morgan fingerprint density at radius 1 is 1.22 bits per heavy atom. The maximum Gasteiger partial charge on any atom is 0.235 e. The number of carbonyl (C=O) groups excluding carboxylic acids is 1. The summed E-state index contributed by atoms with van der Waals surface area (Å²) in [6, 6.07) is 0. The molecule has 3 fully saturated rings. The molecule has 3 rings (SSSR count). The Hall–Kier alpha value is -0.260. The summed E-state index contributed by atoms with van der Waals surface area (Å²) >= 11 is 1.82. The van der Waals surface area contributed by atoms with Gasteiger partial charge in [-0.05, 0) is 25.0 Å². The molecule has 0 aromatic carbocycles. The van der Waals surface area contributed by atoms with E-state index in [4.69, 9.17) is 9.47 Å². The first-order valence-electron chi connectivity index (χ1n) is 6.97. The van der Waals surface area contributed by atoms with Gasteiger partial charge in [-0.25, -0.2) is 0 Å². The van der Waals surface area contributed by atoms with Crippen molar-refractivity contribution in [3.05, 3.63) is 0 Å². The molecule has 18 heavy (non-hydrogen) atoms. The van der Waals surface area contributed by atoms with Crippen LogP contribution in [0.2, 0.25) is 0 Å². The molecular weight excluding hydrogens is 250 g/mol. The van der Waals surface area contributed by atoms with Crippen molar-refractivity contribution in [1.82, 2.24) is 4.90 Å². The van der Waals surface area contributed by atoms with Crippen LogP contribution in [0, 0.1) is 0 Å². The second-order valence-electron chi connectivity index (χ2n) is 5.33. The Bertz CT molecular complexity index is 311. The minimum Gasteiger partial charge on any atom is -0.346 e. The first kappa shape index (κ1) is 12.8. The van der Waals surface area contributed by atoms with Gasteiger partial charge in [0.15, 0.2) is 5.79 Å². The summed E-state index contributed by atoms with van der Waals surface area (Å²) in [5, 5.41) is 0.176. The Balaban J connectivity index is 1.62. The second-order valence-corrected chi connectivity index (χ2v) is 6.64. The molecule has 0 bridgehead atoms. The molecule has 4 nitrogen and oxygen atoms in total. The third kappa shape index (κ3) is 2.53. The lowest BCUT2D eigenvalue weighted by atomic mass is 10.0. The number of likely N-dealkylation sites (tertiary alicyclic amines) is 1. The smallest absolute Gasteiger partial charge is 0.235 e. The van der Waals surface area contributed by atoms with Crippen LogP contribution in [0.1, 0.15) is 32.1 Å². The number of hydrogen-bond donors (Lipinski definition) is 0. The van der Waals surface area contributed by atoms with Crippen molar-refractivity contribution in [1.29, 1.82) is 0 Å². The van der Waals surface area contributed by atoms with Crippen LogP contribution in [-0.4, -0.2) is 53.9 Å². The van der Waals surface area contributed by atoms with Crippen molar-refractivity contribution in [2.45, 2.75) is 43.1 Å². The van der Waals surface area contributed by atoms with Crippen LogP contribution in [-0.2, 0) is 14.3 Å². The van der Waals surface area contributed by atoms with Gasteiger partial charge in [-0.2, -0.15) is 0 Å². The van der Waals surface area contributed by atoms with Crippen LogP contribution in [0.4, 0.5) is 0 Å². The lowest BCUT2D eigenvalue weighted by Gasteiger charge is -2.40. The van der Waals surface area contributed by atoms with Crippen molar-refractivity contribution >= 4 is 17.7 Å². The molecule has 0 saturated carbocycles. The molecule has 0 aromatic rings. The van der Waals surface area contributed by atoms with Gasteiger partial charge in [0.1, 0.15) is 0 Å². The molecular formula is C13H21NO3S. The lowest BCUT2D eigenvalue weighted by molar-refractivity contribution is -0.193. The second kappa shape index (κ2) is 5.39. The maximum absolute atomic E-state index is 12.5. The summed E-state index contributed by atoms with van der Waals surface area (Å²) in [4.78, 5) is 14.5. The molecule has 3 aliphatic rings. The number of nitrogens with zero attached hydrogens (tertiary/aromatic N) is 1. The third-order valence-electron chi connectivity index (χ3n) is 4.00. The van der Waals surface area contributed by atoms with Gasteiger partial charge >= 0.3 is 0 Å². The first-order valence-corrected chi connectivity index (χ1v) is 8.02. The standard InChI is InChI=1S/C13H21NO3S/c15-12(11-4-1-2-9-18-11)14-6-3-5-13(10-14)16-7-8-17-13/h11H,1-10H2. The van der Waals surface area contributed by atoms with Crippen LogP contribution < -0.4 is 0 Å². The van der Waals surface area contributed by atoms with E-state index in [1.807, 2.05) is 16.7 Å². The highest BCUT2D eigenvalue weighted by Gasteiger charge is 2.43. The molecule has 0 N–H and O–H groups in total. The van der Waals surface area contributed by atoms with Gasteiger partial charge in [0.2, 0.25) is 5.91 Å². The minimum atomic E-state index is -0.479. The zero-order chi connectivity index (χ0) is 12.4. The van der Waals surface area contributed by atoms with Crippen molar-refractivity contribution in [3.8, 4) is 0 Å². The molecule has 0 aromatic heterocycles. The molecule has 1 spiro atoms. The fraction of sp³-hybridized carbons (Fsp3) is 0.923. The summed E-state index contributed by atoms with van der Waals surface area (Å²) in [5.74, 6) is 0.952. The van der Waals surface area contributed by atoms with E-state index in [2.05, 4.69) is 0 Å². The van der Waals surface area contributed by atoms with Crippen LogP contribution in [0.25, 0.3) is 0 Å². The Morgan fingerprint density at radius 2 is 2.06 bits per heavy atom. The van der Waals surface area contributed by atoms with E-state index in [-0.39, 0.29) is 5.25 Å².